The Kier molecular flexibility index (Phi) is 8.47. The molecule has 0 amide bonds. The molecule has 0 spiro atoms. The van der Waals surface area contributed by atoms with Gasteiger partial charge in [-0.2, -0.15) is 18.3 Å². The van der Waals surface area contributed by atoms with Gasteiger partial charge >= 0.3 is 12.1 Å². The number of β-amino-alcohol motifs (C(OH)–C–C–N with tert-alkyl or cyclic N) is 1. The van der Waals surface area contributed by atoms with Crippen LogP contribution in [0.4, 0.5) is 18.9 Å². The van der Waals surface area contributed by atoms with Crippen molar-refractivity contribution in [1.29, 1.82) is 0 Å². The highest BCUT2D eigenvalue weighted by Crippen LogP contribution is 2.36. The summed E-state index contributed by atoms with van der Waals surface area (Å²) in [6.45, 7) is 6.01. The fourth-order valence-corrected chi connectivity index (χ4v) is 4.60. The van der Waals surface area contributed by atoms with Crippen LogP contribution in [0, 0.1) is 0 Å². The summed E-state index contributed by atoms with van der Waals surface area (Å²) in [4.78, 5) is 25.2. The SMILES string of the molecule is C[Si](C)(C)CCOCn1ncc(N2C[C@@H](O)C[C@H]2COc2cccc(C(=O)O)c2)c(C(F)(F)F)c1=O. The molecule has 1 saturated heterocycles. The van der Waals surface area contributed by atoms with Crippen molar-refractivity contribution in [1.82, 2.24) is 9.78 Å². The number of carboxylic acid groups (broad SMARTS) is 1. The fourth-order valence-electron chi connectivity index (χ4n) is 3.84. The van der Waals surface area contributed by atoms with Gasteiger partial charge in [0.1, 0.15) is 24.7 Å². The average Bonchev–Trinajstić information content (AvgIpc) is 3.15. The summed E-state index contributed by atoms with van der Waals surface area (Å²) in [7, 11) is -1.42. The number of benzene rings is 1. The zero-order valence-electron chi connectivity index (χ0n) is 20.3. The first-order valence-corrected chi connectivity index (χ1v) is 15.1. The van der Waals surface area contributed by atoms with Crippen LogP contribution in [0.3, 0.4) is 0 Å². The molecular formula is C23H30F3N3O6Si. The van der Waals surface area contributed by atoms with Crippen molar-refractivity contribution < 1.29 is 37.7 Å². The Hall–Kier alpha value is -2.90. The summed E-state index contributed by atoms with van der Waals surface area (Å²) < 4.78 is 53.8. The summed E-state index contributed by atoms with van der Waals surface area (Å²) in [5, 5.41) is 23.2. The lowest BCUT2D eigenvalue weighted by atomic mass is 10.1. The van der Waals surface area contributed by atoms with E-state index in [0.29, 0.717) is 11.3 Å². The van der Waals surface area contributed by atoms with Crippen molar-refractivity contribution in [3.63, 3.8) is 0 Å². The lowest BCUT2D eigenvalue weighted by Gasteiger charge is -2.28. The second-order valence-electron chi connectivity index (χ2n) is 9.89. The van der Waals surface area contributed by atoms with Crippen LogP contribution >= 0.6 is 0 Å². The van der Waals surface area contributed by atoms with Gasteiger partial charge in [-0.05, 0) is 30.7 Å². The molecule has 13 heteroatoms. The second kappa shape index (κ2) is 11.0. The molecule has 0 bridgehead atoms. The monoisotopic (exact) mass is 529 g/mol. The average molecular weight is 530 g/mol. The molecule has 2 atom stereocenters. The van der Waals surface area contributed by atoms with Crippen LogP contribution in [0.1, 0.15) is 22.3 Å². The summed E-state index contributed by atoms with van der Waals surface area (Å²) in [5.74, 6) is -0.930. The number of hydrogen-bond donors (Lipinski definition) is 2. The smallest absolute Gasteiger partial charge is 0.423 e. The number of nitrogens with zero attached hydrogens (tertiary/aromatic N) is 3. The van der Waals surface area contributed by atoms with Crippen LogP contribution in [0.2, 0.25) is 25.7 Å². The molecule has 1 aromatic carbocycles. The number of aliphatic hydroxyl groups excluding tert-OH is 1. The highest BCUT2D eigenvalue weighted by molar-refractivity contribution is 6.76. The third-order valence-corrected chi connectivity index (χ3v) is 7.45. The number of aromatic carboxylic acids is 1. The van der Waals surface area contributed by atoms with Crippen molar-refractivity contribution in [2.45, 2.75) is 57.2 Å². The first-order chi connectivity index (χ1) is 16.8. The van der Waals surface area contributed by atoms with Gasteiger partial charge in [-0.3, -0.25) is 4.79 Å². The molecule has 1 aliphatic rings. The molecule has 3 rings (SSSR count). The van der Waals surface area contributed by atoms with E-state index in [9.17, 15) is 27.9 Å². The van der Waals surface area contributed by atoms with E-state index in [4.69, 9.17) is 14.6 Å². The molecule has 2 heterocycles. The van der Waals surface area contributed by atoms with E-state index in [1.807, 2.05) is 0 Å². The number of alkyl halides is 3. The molecule has 0 saturated carbocycles. The van der Waals surface area contributed by atoms with Gasteiger partial charge in [-0.1, -0.05) is 25.7 Å². The zero-order chi connectivity index (χ0) is 26.7. The number of hydrogen-bond acceptors (Lipinski definition) is 7. The Morgan fingerprint density at radius 1 is 1.28 bits per heavy atom. The topological polar surface area (TPSA) is 114 Å². The molecule has 2 aromatic rings. The molecule has 0 unspecified atom stereocenters. The van der Waals surface area contributed by atoms with Gasteiger partial charge in [0.2, 0.25) is 0 Å². The third-order valence-electron chi connectivity index (χ3n) is 5.74. The maximum atomic E-state index is 14.0. The van der Waals surface area contributed by atoms with Gasteiger partial charge in [0.05, 0.1) is 29.6 Å². The zero-order valence-corrected chi connectivity index (χ0v) is 21.3. The van der Waals surface area contributed by atoms with Gasteiger partial charge in [0.15, 0.2) is 0 Å². The van der Waals surface area contributed by atoms with Crippen LogP contribution in [0.5, 0.6) is 5.75 Å². The molecule has 0 radical (unpaired) electrons. The number of carboxylic acids is 1. The Bertz CT molecular complexity index is 1140. The molecule has 2 N–H and O–H groups in total. The highest BCUT2D eigenvalue weighted by Gasteiger charge is 2.43. The van der Waals surface area contributed by atoms with E-state index in [-0.39, 0.29) is 30.9 Å². The summed E-state index contributed by atoms with van der Waals surface area (Å²) in [5.41, 5.74) is -3.17. The molecule has 1 fully saturated rings. The van der Waals surface area contributed by atoms with Gasteiger partial charge in [0.25, 0.3) is 5.56 Å². The minimum absolute atomic E-state index is 0.00459. The molecule has 198 valence electrons. The van der Waals surface area contributed by atoms with Crippen LogP contribution in [-0.4, -0.2) is 65.9 Å². The number of aliphatic hydroxyl groups is 1. The van der Waals surface area contributed by atoms with E-state index in [1.54, 1.807) is 0 Å². The van der Waals surface area contributed by atoms with Gasteiger partial charge in [-0.15, -0.1) is 0 Å². The van der Waals surface area contributed by atoms with Crippen LogP contribution in [-0.2, 0) is 17.6 Å². The molecule has 36 heavy (non-hydrogen) atoms. The van der Waals surface area contributed by atoms with Crippen molar-refractivity contribution in [2.24, 2.45) is 0 Å². The van der Waals surface area contributed by atoms with Crippen molar-refractivity contribution in [3.8, 4) is 5.75 Å². The van der Waals surface area contributed by atoms with Gasteiger partial charge in [0, 0.05) is 21.2 Å². The number of ether oxygens (including phenoxy) is 2. The van der Waals surface area contributed by atoms with Crippen LogP contribution in [0.25, 0.3) is 0 Å². The van der Waals surface area contributed by atoms with Crippen molar-refractivity contribution >= 4 is 19.7 Å². The number of carbonyl (C=O) groups is 1. The number of aromatic nitrogens is 2. The minimum atomic E-state index is -4.97. The highest BCUT2D eigenvalue weighted by atomic mass is 28.3. The molecule has 1 aromatic heterocycles. The molecule has 0 aliphatic carbocycles. The maximum absolute atomic E-state index is 14.0. The maximum Gasteiger partial charge on any atom is 0.423 e. The van der Waals surface area contributed by atoms with E-state index in [0.717, 1.165) is 12.2 Å². The lowest BCUT2D eigenvalue weighted by Crippen LogP contribution is -2.40. The quantitative estimate of drug-likeness (QED) is 0.356. The summed E-state index contributed by atoms with van der Waals surface area (Å²) in [6, 6.07) is 5.76. The summed E-state index contributed by atoms with van der Waals surface area (Å²) >= 11 is 0. The van der Waals surface area contributed by atoms with E-state index >= 15 is 0 Å². The lowest BCUT2D eigenvalue weighted by molar-refractivity contribution is -0.138. The molecule has 1 aliphatic heterocycles. The van der Waals surface area contributed by atoms with Crippen LogP contribution in [0.15, 0.2) is 35.3 Å². The standard InChI is InChI=1S/C23H30F3N3O6Si/c1-36(2,3)8-7-34-14-29-21(31)20(23(24,25)26)19(11-27-29)28-12-17(30)10-16(28)13-35-18-6-4-5-15(9-18)22(32)33/h4-6,9,11,16-17,30H,7-8,10,12-14H2,1-3H3,(H,32,33)/t16-,17-/m0/s1. The van der Waals surface area contributed by atoms with E-state index < -0.39 is 55.9 Å². The molecule has 9 nitrogen and oxygen atoms in total. The van der Waals surface area contributed by atoms with E-state index in [2.05, 4.69) is 24.7 Å². The van der Waals surface area contributed by atoms with E-state index in [1.165, 1.54) is 29.2 Å². The predicted molar refractivity (Wildman–Crippen MR) is 128 cm³/mol. The van der Waals surface area contributed by atoms with Gasteiger partial charge < -0.3 is 24.6 Å². The number of anilines is 1. The third kappa shape index (κ3) is 7.08. The summed E-state index contributed by atoms with van der Waals surface area (Å²) in [6.07, 6.45) is -4.86. The normalized spacial score (nSPS) is 18.5. The Morgan fingerprint density at radius 2 is 2.00 bits per heavy atom. The van der Waals surface area contributed by atoms with Crippen LogP contribution < -0.4 is 15.2 Å². The predicted octanol–water partition coefficient (Wildman–Crippen LogP) is 3.29. The number of rotatable bonds is 10. The largest absolute Gasteiger partial charge is 0.491 e. The number of halogens is 3. The Labute approximate surface area is 207 Å². The van der Waals surface area contributed by atoms with Gasteiger partial charge in [-0.25, -0.2) is 9.48 Å². The fraction of sp³-hybridized carbons (Fsp3) is 0.522. The molecular weight excluding hydrogens is 499 g/mol. The first kappa shape index (κ1) is 27.7. The minimum Gasteiger partial charge on any atom is -0.491 e. The Balaban J connectivity index is 1.83. The van der Waals surface area contributed by atoms with Crippen molar-refractivity contribution in [3.05, 3.63) is 51.9 Å². The Morgan fingerprint density at radius 3 is 2.64 bits per heavy atom. The second-order valence-corrected chi connectivity index (χ2v) is 15.5. The first-order valence-electron chi connectivity index (χ1n) is 11.4. The van der Waals surface area contributed by atoms with Crippen molar-refractivity contribution in [2.75, 3.05) is 24.7 Å².